The third kappa shape index (κ3) is 3.49. The first-order valence-corrected chi connectivity index (χ1v) is 8.42. The minimum Gasteiger partial charge on any atom is -0.466 e. The molecule has 2 rings (SSSR count). The Kier molecular flexibility index (Phi) is 5.37. The van der Waals surface area contributed by atoms with E-state index in [4.69, 9.17) is 4.74 Å². The van der Waals surface area contributed by atoms with Crippen LogP contribution in [0.5, 0.6) is 0 Å². The van der Waals surface area contributed by atoms with Crippen LogP contribution in [0.3, 0.4) is 0 Å². The molecule has 0 aromatic carbocycles. The van der Waals surface area contributed by atoms with Gasteiger partial charge in [0.25, 0.3) is 0 Å². The lowest BCUT2D eigenvalue weighted by molar-refractivity contribution is -0.143. The summed E-state index contributed by atoms with van der Waals surface area (Å²) in [6.07, 6.45) is 2.89. The largest absolute Gasteiger partial charge is 0.466 e. The fraction of sp³-hybridized carbons (Fsp3) is 0.500. The lowest BCUT2D eigenvalue weighted by Crippen LogP contribution is -2.03. The molecule has 20 heavy (non-hydrogen) atoms. The van der Waals surface area contributed by atoms with Crippen LogP contribution in [0, 0.1) is 13.8 Å². The van der Waals surface area contributed by atoms with Crippen molar-refractivity contribution in [1.29, 1.82) is 0 Å². The average Bonchev–Trinajstić information content (AvgIpc) is 2.71. The van der Waals surface area contributed by atoms with Crippen LogP contribution in [-0.4, -0.2) is 28.3 Å². The van der Waals surface area contributed by atoms with E-state index in [0.29, 0.717) is 13.0 Å². The normalized spacial score (nSPS) is 10.9. The summed E-state index contributed by atoms with van der Waals surface area (Å²) >= 11 is 3.39. The van der Waals surface area contributed by atoms with Crippen molar-refractivity contribution in [2.75, 3.05) is 12.4 Å². The zero-order valence-corrected chi connectivity index (χ0v) is 13.6. The summed E-state index contributed by atoms with van der Waals surface area (Å²) in [6.45, 7) is 6.49. The first-order chi connectivity index (χ1) is 9.63. The van der Waals surface area contributed by atoms with Gasteiger partial charge in [-0.3, -0.25) is 4.79 Å². The molecule has 0 saturated heterocycles. The van der Waals surface area contributed by atoms with Gasteiger partial charge in [0, 0.05) is 22.4 Å². The van der Waals surface area contributed by atoms with Crippen LogP contribution in [0.2, 0.25) is 0 Å². The molecule has 2 aromatic rings. The Bertz CT molecular complexity index is 610. The number of carbonyl (C=O) groups is 1. The van der Waals surface area contributed by atoms with E-state index < -0.39 is 0 Å². The molecule has 0 aliphatic heterocycles. The van der Waals surface area contributed by atoms with Crippen LogP contribution in [0.1, 0.15) is 30.2 Å². The Morgan fingerprint density at radius 1 is 1.40 bits per heavy atom. The fourth-order valence-electron chi connectivity index (χ4n) is 1.88. The monoisotopic (exact) mass is 310 g/mol. The quantitative estimate of drug-likeness (QED) is 0.352. The van der Waals surface area contributed by atoms with Crippen molar-refractivity contribution in [3.05, 3.63) is 16.8 Å². The average molecular weight is 310 g/mol. The van der Waals surface area contributed by atoms with Crippen molar-refractivity contribution >= 4 is 39.3 Å². The lowest BCUT2D eigenvalue weighted by atomic mass is 10.2. The Labute approximate surface area is 127 Å². The van der Waals surface area contributed by atoms with Crippen LogP contribution >= 0.6 is 23.1 Å². The summed E-state index contributed by atoms with van der Waals surface area (Å²) in [6, 6.07) is 0. The molecule has 0 saturated carbocycles. The maximum absolute atomic E-state index is 11.3. The highest BCUT2D eigenvalue weighted by atomic mass is 32.2. The van der Waals surface area contributed by atoms with Crippen molar-refractivity contribution < 1.29 is 9.53 Å². The first-order valence-electron chi connectivity index (χ1n) is 6.62. The van der Waals surface area contributed by atoms with Crippen molar-refractivity contribution in [3.63, 3.8) is 0 Å². The molecular weight excluding hydrogens is 292 g/mol. The summed E-state index contributed by atoms with van der Waals surface area (Å²) in [4.78, 5) is 22.3. The Morgan fingerprint density at radius 3 is 2.95 bits per heavy atom. The summed E-state index contributed by atoms with van der Waals surface area (Å²) in [7, 11) is 0. The van der Waals surface area contributed by atoms with Gasteiger partial charge in [0.1, 0.15) is 16.2 Å². The minimum absolute atomic E-state index is 0.122. The van der Waals surface area contributed by atoms with Crippen molar-refractivity contribution in [2.45, 2.75) is 38.6 Å². The number of ether oxygens (including phenoxy) is 1. The van der Waals surface area contributed by atoms with E-state index in [0.717, 1.165) is 27.4 Å². The molecule has 0 aliphatic carbocycles. The van der Waals surface area contributed by atoms with Crippen LogP contribution in [0.15, 0.2) is 11.4 Å². The summed E-state index contributed by atoms with van der Waals surface area (Å²) in [5.74, 6) is 0.739. The molecule has 0 amide bonds. The standard InChI is InChI=1S/C14H18N2O2S2/c1-4-18-11(17)6-5-7-19-13-12-9(2)10(3)20-14(12)16-8-15-13/h8H,4-7H2,1-3H3. The van der Waals surface area contributed by atoms with Crippen molar-refractivity contribution in [1.82, 2.24) is 9.97 Å². The van der Waals surface area contributed by atoms with Gasteiger partial charge in [-0.05, 0) is 32.8 Å². The second-order valence-electron chi connectivity index (χ2n) is 4.40. The van der Waals surface area contributed by atoms with Crippen LogP contribution in [0.25, 0.3) is 10.2 Å². The highest BCUT2D eigenvalue weighted by Gasteiger charge is 2.12. The number of fused-ring (bicyclic) bond motifs is 1. The second-order valence-corrected chi connectivity index (χ2v) is 6.69. The highest BCUT2D eigenvalue weighted by molar-refractivity contribution is 7.99. The van der Waals surface area contributed by atoms with Crippen molar-refractivity contribution in [3.8, 4) is 0 Å². The maximum Gasteiger partial charge on any atom is 0.305 e. The molecule has 2 heterocycles. The van der Waals surface area contributed by atoms with Gasteiger partial charge in [-0.1, -0.05) is 0 Å². The number of hydrogen-bond acceptors (Lipinski definition) is 6. The second kappa shape index (κ2) is 7.04. The van der Waals surface area contributed by atoms with E-state index in [1.165, 1.54) is 10.4 Å². The predicted molar refractivity (Wildman–Crippen MR) is 83.5 cm³/mol. The molecule has 0 N–H and O–H groups in total. The van der Waals surface area contributed by atoms with Gasteiger partial charge >= 0.3 is 5.97 Å². The number of aryl methyl sites for hydroxylation is 2. The van der Waals surface area contributed by atoms with E-state index in [1.54, 1.807) is 29.4 Å². The molecule has 0 radical (unpaired) electrons. The lowest BCUT2D eigenvalue weighted by Gasteiger charge is -2.03. The Balaban J connectivity index is 1.98. The van der Waals surface area contributed by atoms with Gasteiger partial charge in [-0.25, -0.2) is 9.97 Å². The van der Waals surface area contributed by atoms with Gasteiger partial charge in [-0.15, -0.1) is 23.1 Å². The molecule has 108 valence electrons. The van der Waals surface area contributed by atoms with Gasteiger partial charge in [0.15, 0.2) is 0 Å². The maximum atomic E-state index is 11.3. The molecular formula is C14H18N2O2S2. The molecule has 4 nitrogen and oxygen atoms in total. The topological polar surface area (TPSA) is 52.1 Å². The number of rotatable bonds is 6. The number of aromatic nitrogens is 2. The van der Waals surface area contributed by atoms with Crippen molar-refractivity contribution in [2.24, 2.45) is 0 Å². The van der Waals surface area contributed by atoms with Gasteiger partial charge in [-0.2, -0.15) is 0 Å². The van der Waals surface area contributed by atoms with Gasteiger partial charge in [0.05, 0.1) is 6.61 Å². The number of nitrogens with zero attached hydrogens (tertiary/aromatic N) is 2. The minimum atomic E-state index is -0.122. The smallest absolute Gasteiger partial charge is 0.305 e. The Hall–Kier alpha value is -1.14. The number of hydrogen-bond donors (Lipinski definition) is 0. The van der Waals surface area contributed by atoms with E-state index >= 15 is 0 Å². The molecule has 0 bridgehead atoms. The third-order valence-corrected chi connectivity index (χ3v) is 5.19. The summed E-state index contributed by atoms with van der Waals surface area (Å²) < 4.78 is 4.91. The highest BCUT2D eigenvalue weighted by Crippen LogP contribution is 2.34. The number of thioether (sulfide) groups is 1. The SMILES string of the molecule is CCOC(=O)CCCSc1ncnc2sc(C)c(C)c12. The number of esters is 1. The van der Waals surface area contributed by atoms with Crippen LogP contribution in [0.4, 0.5) is 0 Å². The van der Waals surface area contributed by atoms with E-state index in [2.05, 4.69) is 23.8 Å². The molecule has 0 atom stereocenters. The third-order valence-electron chi connectivity index (χ3n) is 3.00. The molecule has 0 unspecified atom stereocenters. The molecule has 2 aromatic heterocycles. The molecule has 6 heteroatoms. The molecule has 0 spiro atoms. The fourth-order valence-corrected chi connectivity index (χ4v) is 3.94. The predicted octanol–water partition coefficient (Wildman–Crippen LogP) is 3.74. The van der Waals surface area contributed by atoms with Gasteiger partial charge < -0.3 is 4.74 Å². The van der Waals surface area contributed by atoms with Crippen LogP contribution < -0.4 is 0 Å². The first kappa shape index (κ1) is 15.3. The van der Waals surface area contributed by atoms with Crippen LogP contribution in [-0.2, 0) is 9.53 Å². The molecule has 0 fully saturated rings. The van der Waals surface area contributed by atoms with Gasteiger partial charge in [0.2, 0.25) is 0 Å². The van der Waals surface area contributed by atoms with E-state index in [1.807, 2.05) is 6.92 Å². The zero-order valence-electron chi connectivity index (χ0n) is 11.9. The number of thiophene rings is 1. The Morgan fingerprint density at radius 2 is 2.20 bits per heavy atom. The molecule has 0 aliphatic rings. The van der Waals surface area contributed by atoms with E-state index in [-0.39, 0.29) is 5.97 Å². The summed E-state index contributed by atoms with van der Waals surface area (Å²) in [5.41, 5.74) is 1.26. The summed E-state index contributed by atoms with van der Waals surface area (Å²) in [5, 5.41) is 2.18. The zero-order chi connectivity index (χ0) is 14.5. The number of carbonyl (C=O) groups excluding carboxylic acids is 1. The van der Waals surface area contributed by atoms with E-state index in [9.17, 15) is 4.79 Å².